The van der Waals surface area contributed by atoms with Gasteiger partial charge in [0.25, 0.3) is 0 Å². The van der Waals surface area contributed by atoms with Crippen LogP contribution in [0.1, 0.15) is 40.0 Å². The first-order valence-electron chi connectivity index (χ1n) is 6.99. The van der Waals surface area contributed by atoms with Gasteiger partial charge in [0.2, 0.25) is 0 Å². The fourth-order valence-electron chi connectivity index (χ4n) is 2.89. The molecule has 5 heteroatoms. The fourth-order valence-corrected chi connectivity index (χ4v) is 2.89. The van der Waals surface area contributed by atoms with Crippen molar-refractivity contribution in [3.8, 4) is 0 Å². The summed E-state index contributed by atoms with van der Waals surface area (Å²) in [5, 5.41) is 22.7. The van der Waals surface area contributed by atoms with Crippen molar-refractivity contribution in [2.24, 2.45) is 11.7 Å². The number of carbonyl (C=O) groups is 1. The van der Waals surface area contributed by atoms with Crippen LogP contribution in [0.5, 0.6) is 0 Å². The highest BCUT2D eigenvalue weighted by Gasteiger charge is 2.45. The average molecular weight is 270 g/mol. The molecule has 0 aliphatic carbocycles. The van der Waals surface area contributed by atoms with Gasteiger partial charge in [-0.2, -0.15) is 0 Å². The minimum Gasteiger partial charge on any atom is -0.480 e. The summed E-state index contributed by atoms with van der Waals surface area (Å²) in [5.41, 5.74) is 5.27. The van der Waals surface area contributed by atoms with Crippen molar-refractivity contribution in [3.05, 3.63) is 12.2 Å². The maximum atomic E-state index is 11.1. The normalized spacial score (nSPS) is 29.8. The third kappa shape index (κ3) is 3.35. The average Bonchev–Trinajstić information content (AvgIpc) is 2.81. The zero-order valence-corrected chi connectivity index (χ0v) is 12.0. The van der Waals surface area contributed by atoms with Crippen LogP contribution in [0.15, 0.2) is 12.2 Å². The second kappa shape index (κ2) is 6.50. The summed E-state index contributed by atoms with van der Waals surface area (Å²) in [6, 6.07) is -1.27. The molecule has 1 aliphatic rings. The van der Waals surface area contributed by atoms with Crippen molar-refractivity contribution in [2.45, 2.75) is 63.8 Å². The van der Waals surface area contributed by atoms with E-state index in [4.69, 9.17) is 10.8 Å². The Hall–Kier alpha value is -0.910. The summed E-state index contributed by atoms with van der Waals surface area (Å²) in [5.74, 6) is -0.813. The summed E-state index contributed by atoms with van der Waals surface area (Å²) in [4.78, 5) is 11.1. The van der Waals surface area contributed by atoms with Crippen LogP contribution in [0.4, 0.5) is 0 Å². The number of allylic oxidation sites excluding steroid dienone is 1. The SMILES string of the molecule is C/C=C\C1CC(C(=O)O)NC1C(N)C(O)(CC)CC. The maximum Gasteiger partial charge on any atom is 0.320 e. The van der Waals surface area contributed by atoms with Gasteiger partial charge in [0, 0.05) is 12.1 Å². The van der Waals surface area contributed by atoms with Gasteiger partial charge in [-0.25, -0.2) is 0 Å². The lowest BCUT2D eigenvalue weighted by molar-refractivity contribution is -0.139. The zero-order valence-electron chi connectivity index (χ0n) is 12.0. The van der Waals surface area contributed by atoms with Crippen LogP contribution in [0.25, 0.3) is 0 Å². The van der Waals surface area contributed by atoms with E-state index in [0.717, 1.165) is 0 Å². The second-order valence-electron chi connectivity index (χ2n) is 5.35. The van der Waals surface area contributed by atoms with E-state index < -0.39 is 23.7 Å². The standard InChI is InChI=1S/C14H26N2O3/c1-4-7-9-8-10(13(17)18)16-11(9)12(15)14(19,5-2)6-3/h4,7,9-12,16,19H,5-6,8,15H2,1-3H3,(H,17,18)/b7-4-. The molecule has 0 spiro atoms. The van der Waals surface area contributed by atoms with Crippen LogP contribution < -0.4 is 11.1 Å². The molecule has 0 aromatic heterocycles. The Morgan fingerprint density at radius 2 is 2.11 bits per heavy atom. The van der Waals surface area contributed by atoms with Crippen LogP contribution in [-0.2, 0) is 4.79 Å². The number of hydrogen-bond donors (Lipinski definition) is 4. The van der Waals surface area contributed by atoms with E-state index in [1.807, 2.05) is 32.9 Å². The topological polar surface area (TPSA) is 95.6 Å². The van der Waals surface area contributed by atoms with Crippen molar-refractivity contribution in [1.82, 2.24) is 5.32 Å². The summed E-state index contributed by atoms with van der Waals surface area (Å²) in [6.45, 7) is 5.71. The van der Waals surface area contributed by atoms with E-state index in [1.165, 1.54) is 0 Å². The van der Waals surface area contributed by atoms with Gasteiger partial charge in [-0.1, -0.05) is 26.0 Å². The number of carboxylic acids is 1. The van der Waals surface area contributed by atoms with Crippen LogP contribution in [0.3, 0.4) is 0 Å². The first kappa shape index (κ1) is 16.1. The molecule has 1 fully saturated rings. The molecule has 1 rings (SSSR count). The third-order valence-electron chi connectivity index (χ3n) is 4.33. The number of rotatable bonds is 6. The zero-order chi connectivity index (χ0) is 14.6. The summed E-state index contributed by atoms with van der Waals surface area (Å²) in [7, 11) is 0. The Labute approximate surface area is 114 Å². The highest BCUT2D eigenvalue weighted by molar-refractivity contribution is 5.74. The van der Waals surface area contributed by atoms with Gasteiger partial charge >= 0.3 is 5.97 Å². The lowest BCUT2D eigenvalue weighted by Crippen LogP contribution is -2.59. The molecule has 0 aromatic carbocycles. The lowest BCUT2D eigenvalue weighted by Gasteiger charge is -2.37. The number of aliphatic hydroxyl groups is 1. The summed E-state index contributed by atoms with van der Waals surface area (Å²) >= 11 is 0. The first-order valence-corrected chi connectivity index (χ1v) is 6.99. The molecule has 0 radical (unpaired) electrons. The molecule has 110 valence electrons. The highest BCUT2D eigenvalue weighted by Crippen LogP contribution is 2.30. The van der Waals surface area contributed by atoms with Crippen LogP contribution in [-0.4, -0.2) is 39.9 Å². The second-order valence-corrected chi connectivity index (χ2v) is 5.35. The predicted molar refractivity (Wildman–Crippen MR) is 74.8 cm³/mol. The fraction of sp³-hybridized carbons (Fsp3) is 0.786. The molecule has 4 atom stereocenters. The molecule has 0 bridgehead atoms. The van der Waals surface area contributed by atoms with Crippen LogP contribution >= 0.6 is 0 Å². The minimum atomic E-state index is -0.953. The number of carboxylic acid groups (broad SMARTS) is 1. The molecule has 1 saturated heterocycles. The van der Waals surface area contributed by atoms with Gasteiger partial charge < -0.3 is 15.9 Å². The molecular weight excluding hydrogens is 244 g/mol. The monoisotopic (exact) mass is 270 g/mol. The Morgan fingerprint density at radius 3 is 2.53 bits per heavy atom. The molecule has 1 heterocycles. The summed E-state index contributed by atoms with van der Waals surface area (Å²) < 4.78 is 0. The van der Waals surface area contributed by atoms with Gasteiger partial charge in [0.15, 0.2) is 0 Å². The quantitative estimate of drug-likeness (QED) is 0.537. The lowest BCUT2D eigenvalue weighted by atomic mass is 9.80. The molecule has 0 saturated carbocycles. The molecule has 4 unspecified atom stereocenters. The molecule has 5 N–H and O–H groups in total. The summed E-state index contributed by atoms with van der Waals surface area (Å²) in [6.07, 6.45) is 5.52. The van der Waals surface area contributed by atoms with Gasteiger partial charge in [-0.15, -0.1) is 0 Å². The molecule has 19 heavy (non-hydrogen) atoms. The van der Waals surface area contributed by atoms with Crippen LogP contribution in [0.2, 0.25) is 0 Å². The van der Waals surface area contributed by atoms with E-state index in [9.17, 15) is 9.90 Å². The Morgan fingerprint density at radius 1 is 1.53 bits per heavy atom. The number of nitrogens with one attached hydrogen (secondary N) is 1. The van der Waals surface area contributed by atoms with E-state index >= 15 is 0 Å². The largest absolute Gasteiger partial charge is 0.480 e. The molecular formula is C14H26N2O3. The van der Waals surface area contributed by atoms with Crippen molar-refractivity contribution in [3.63, 3.8) is 0 Å². The Bertz CT molecular complexity index is 340. The van der Waals surface area contributed by atoms with Gasteiger partial charge in [-0.05, 0) is 32.1 Å². The van der Waals surface area contributed by atoms with Gasteiger partial charge in [0.05, 0.1) is 5.60 Å². The maximum absolute atomic E-state index is 11.1. The Balaban J connectivity index is 2.92. The molecule has 0 amide bonds. The van der Waals surface area contributed by atoms with E-state index in [1.54, 1.807) is 0 Å². The van der Waals surface area contributed by atoms with Gasteiger partial charge in [0.1, 0.15) is 6.04 Å². The number of aliphatic carboxylic acids is 1. The van der Waals surface area contributed by atoms with E-state index in [2.05, 4.69) is 5.32 Å². The number of hydrogen-bond acceptors (Lipinski definition) is 4. The number of nitrogens with two attached hydrogens (primary N) is 1. The molecule has 5 nitrogen and oxygen atoms in total. The van der Waals surface area contributed by atoms with Crippen LogP contribution in [0, 0.1) is 5.92 Å². The van der Waals surface area contributed by atoms with E-state index in [0.29, 0.717) is 19.3 Å². The highest BCUT2D eigenvalue weighted by atomic mass is 16.4. The Kier molecular flexibility index (Phi) is 5.52. The first-order chi connectivity index (χ1) is 8.89. The van der Waals surface area contributed by atoms with Crippen molar-refractivity contribution >= 4 is 5.97 Å². The molecule has 0 aromatic rings. The van der Waals surface area contributed by atoms with Crippen molar-refractivity contribution in [1.29, 1.82) is 0 Å². The van der Waals surface area contributed by atoms with Crippen molar-refractivity contribution < 1.29 is 15.0 Å². The minimum absolute atomic E-state index is 0.0470. The van der Waals surface area contributed by atoms with Gasteiger partial charge in [-0.3, -0.25) is 10.1 Å². The third-order valence-corrected chi connectivity index (χ3v) is 4.33. The molecule has 1 aliphatic heterocycles. The van der Waals surface area contributed by atoms with E-state index in [-0.39, 0.29) is 12.0 Å². The predicted octanol–water partition coefficient (Wildman–Crippen LogP) is 0.872. The van der Waals surface area contributed by atoms with Crippen molar-refractivity contribution in [2.75, 3.05) is 0 Å². The smallest absolute Gasteiger partial charge is 0.320 e.